The molecule has 1 rings (SSSR count). The molecule has 0 fully saturated rings. The topological polar surface area (TPSA) is 26.0 Å². The van der Waals surface area contributed by atoms with Crippen LogP contribution in [0.15, 0.2) is 30.3 Å². The minimum absolute atomic E-state index is 0.215. The summed E-state index contributed by atoms with van der Waals surface area (Å²) in [5.41, 5.74) is 8.21. The third kappa shape index (κ3) is 3.00. The van der Waals surface area contributed by atoms with Crippen LogP contribution in [0.3, 0.4) is 0 Å². The zero-order valence-corrected chi connectivity index (χ0v) is 9.25. The van der Waals surface area contributed by atoms with E-state index in [0.29, 0.717) is 6.54 Å². The van der Waals surface area contributed by atoms with Crippen LogP contribution in [0.25, 0.3) is 6.08 Å². The molecule has 1 aromatic carbocycles. The molecule has 0 saturated carbocycles. The highest BCUT2D eigenvalue weighted by atomic mass is 14.5. The summed E-state index contributed by atoms with van der Waals surface area (Å²) in [4.78, 5) is 0. The van der Waals surface area contributed by atoms with Crippen LogP contribution in [0.4, 0.5) is 0 Å². The van der Waals surface area contributed by atoms with Crippen LogP contribution in [0.5, 0.6) is 0 Å². The molecular weight excluding hydrogens is 170 g/mol. The molecule has 0 amide bonds. The maximum Gasteiger partial charge on any atom is 0.0110 e. The first kappa shape index (κ1) is 11.0. The summed E-state index contributed by atoms with van der Waals surface area (Å²) in [5, 5.41) is 0. The van der Waals surface area contributed by atoms with Crippen molar-refractivity contribution in [2.24, 2.45) is 5.73 Å². The van der Waals surface area contributed by atoms with Crippen LogP contribution >= 0.6 is 0 Å². The van der Waals surface area contributed by atoms with Crippen molar-refractivity contribution in [3.63, 3.8) is 0 Å². The maximum atomic E-state index is 5.41. The molecule has 0 spiro atoms. The van der Waals surface area contributed by atoms with Crippen LogP contribution in [0.1, 0.15) is 31.9 Å². The van der Waals surface area contributed by atoms with Crippen molar-refractivity contribution in [3.8, 4) is 0 Å². The van der Waals surface area contributed by atoms with Crippen LogP contribution in [-0.2, 0) is 5.41 Å². The Hall–Kier alpha value is -1.08. The van der Waals surface area contributed by atoms with Crippen molar-refractivity contribution >= 4 is 6.08 Å². The standard InChI is InChI=1S/C13H19N/c1-13(2,3)12-8-4-6-11(10-12)7-5-9-14/h4-8,10H,9,14H2,1-3H3/b7-5+. The molecule has 0 bridgehead atoms. The molecule has 76 valence electrons. The van der Waals surface area contributed by atoms with E-state index in [1.807, 2.05) is 6.08 Å². The molecule has 0 aliphatic heterocycles. The van der Waals surface area contributed by atoms with Gasteiger partial charge in [-0.15, -0.1) is 0 Å². The molecule has 0 aromatic heterocycles. The van der Waals surface area contributed by atoms with E-state index in [1.54, 1.807) is 0 Å². The molecule has 0 atom stereocenters. The Balaban J connectivity index is 2.96. The number of hydrogen-bond donors (Lipinski definition) is 1. The molecule has 2 N–H and O–H groups in total. The summed E-state index contributed by atoms with van der Waals surface area (Å²) >= 11 is 0. The van der Waals surface area contributed by atoms with E-state index < -0.39 is 0 Å². The smallest absolute Gasteiger partial charge is 0.0110 e. The summed E-state index contributed by atoms with van der Waals surface area (Å²) < 4.78 is 0. The van der Waals surface area contributed by atoms with E-state index in [9.17, 15) is 0 Å². The van der Waals surface area contributed by atoms with Crippen LogP contribution in [0, 0.1) is 0 Å². The summed E-state index contributed by atoms with van der Waals surface area (Å²) in [6.07, 6.45) is 4.04. The lowest BCUT2D eigenvalue weighted by atomic mass is 9.86. The Morgan fingerprint density at radius 3 is 2.57 bits per heavy atom. The highest BCUT2D eigenvalue weighted by Crippen LogP contribution is 2.23. The summed E-state index contributed by atoms with van der Waals surface area (Å²) in [5.74, 6) is 0. The molecule has 14 heavy (non-hydrogen) atoms. The maximum absolute atomic E-state index is 5.41. The Morgan fingerprint density at radius 2 is 2.00 bits per heavy atom. The van der Waals surface area contributed by atoms with Gasteiger partial charge in [0.05, 0.1) is 0 Å². The van der Waals surface area contributed by atoms with Crippen molar-refractivity contribution in [1.82, 2.24) is 0 Å². The first-order valence-electron chi connectivity index (χ1n) is 5.01. The molecular formula is C13H19N. The molecule has 0 aliphatic rings. The molecule has 0 unspecified atom stereocenters. The Bertz CT molecular complexity index is 318. The zero-order valence-electron chi connectivity index (χ0n) is 9.25. The van der Waals surface area contributed by atoms with Gasteiger partial charge in [0.25, 0.3) is 0 Å². The van der Waals surface area contributed by atoms with Crippen molar-refractivity contribution in [1.29, 1.82) is 0 Å². The average molecular weight is 189 g/mol. The SMILES string of the molecule is CC(C)(C)c1cccc(/C=C/CN)c1. The predicted octanol–water partition coefficient (Wildman–Crippen LogP) is 2.96. The third-order valence-electron chi connectivity index (χ3n) is 2.20. The van der Waals surface area contributed by atoms with Gasteiger partial charge in [0.2, 0.25) is 0 Å². The van der Waals surface area contributed by atoms with Gasteiger partial charge in [-0.2, -0.15) is 0 Å². The van der Waals surface area contributed by atoms with Crippen LogP contribution < -0.4 is 5.73 Å². The van der Waals surface area contributed by atoms with E-state index in [2.05, 4.69) is 51.1 Å². The quantitative estimate of drug-likeness (QED) is 0.760. The number of rotatable bonds is 2. The Labute approximate surface area is 86.6 Å². The van der Waals surface area contributed by atoms with Crippen LogP contribution in [0.2, 0.25) is 0 Å². The predicted molar refractivity (Wildman–Crippen MR) is 63.2 cm³/mol. The lowest BCUT2D eigenvalue weighted by Crippen LogP contribution is -2.10. The summed E-state index contributed by atoms with van der Waals surface area (Å²) in [6, 6.07) is 8.57. The Kier molecular flexibility index (Phi) is 3.48. The zero-order chi connectivity index (χ0) is 10.6. The summed E-state index contributed by atoms with van der Waals surface area (Å²) in [7, 11) is 0. The van der Waals surface area contributed by atoms with Gasteiger partial charge >= 0.3 is 0 Å². The van der Waals surface area contributed by atoms with Gasteiger partial charge in [-0.3, -0.25) is 0 Å². The first-order valence-corrected chi connectivity index (χ1v) is 5.01. The lowest BCUT2D eigenvalue weighted by Gasteiger charge is -2.19. The van der Waals surface area contributed by atoms with E-state index in [4.69, 9.17) is 5.73 Å². The second kappa shape index (κ2) is 4.43. The largest absolute Gasteiger partial charge is 0.327 e. The first-order chi connectivity index (χ1) is 6.54. The van der Waals surface area contributed by atoms with Gasteiger partial charge in [-0.25, -0.2) is 0 Å². The fraction of sp³-hybridized carbons (Fsp3) is 0.385. The molecule has 0 saturated heterocycles. The third-order valence-corrected chi connectivity index (χ3v) is 2.20. The minimum atomic E-state index is 0.215. The average Bonchev–Trinajstić information content (AvgIpc) is 2.14. The van der Waals surface area contributed by atoms with Crippen molar-refractivity contribution in [3.05, 3.63) is 41.5 Å². The Morgan fingerprint density at radius 1 is 1.29 bits per heavy atom. The van der Waals surface area contributed by atoms with E-state index in [-0.39, 0.29) is 5.41 Å². The fourth-order valence-corrected chi connectivity index (χ4v) is 1.31. The van der Waals surface area contributed by atoms with Gasteiger partial charge in [0.15, 0.2) is 0 Å². The van der Waals surface area contributed by atoms with Gasteiger partial charge in [-0.1, -0.05) is 57.2 Å². The van der Waals surface area contributed by atoms with Crippen molar-refractivity contribution in [2.45, 2.75) is 26.2 Å². The van der Waals surface area contributed by atoms with E-state index >= 15 is 0 Å². The van der Waals surface area contributed by atoms with Gasteiger partial charge < -0.3 is 5.73 Å². The molecule has 1 aromatic rings. The van der Waals surface area contributed by atoms with Crippen molar-refractivity contribution < 1.29 is 0 Å². The number of benzene rings is 1. The lowest BCUT2D eigenvalue weighted by molar-refractivity contribution is 0.590. The fourth-order valence-electron chi connectivity index (χ4n) is 1.31. The van der Waals surface area contributed by atoms with Crippen molar-refractivity contribution in [2.75, 3.05) is 6.54 Å². The second-order valence-corrected chi connectivity index (χ2v) is 4.51. The van der Waals surface area contributed by atoms with E-state index in [1.165, 1.54) is 11.1 Å². The monoisotopic (exact) mass is 189 g/mol. The molecule has 1 heteroatoms. The normalized spacial score (nSPS) is 12.3. The second-order valence-electron chi connectivity index (χ2n) is 4.51. The number of nitrogens with two attached hydrogens (primary N) is 1. The summed E-state index contributed by atoms with van der Waals surface area (Å²) in [6.45, 7) is 7.26. The van der Waals surface area contributed by atoms with Gasteiger partial charge in [-0.05, 0) is 16.5 Å². The van der Waals surface area contributed by atoms with E-state index in [0.717, 1.165) is 0 Å². The molecule has 1 nitrogen and oxygen atoms in total. The minimum Gasteiger partial charge on any atom is -0.327 e. The van der Waals surface area contributed by atoms with Crippen LogP contribution in [-0.4, -0.2) is 6.54 Å². The van der Waals surface area contributed by atoms with Gasteiger partial charge in [0.1, 0.15) is 0 Å². The number of hydrogen-bond acceptors (Lipinski definition) is 1. The van der Waals surface area contributed by atoms with Gasteiger partial charge in [0, 0.05) is 6.54 Å². The molecule has 0 heterocycles. The molecule has 0 radical (unpaired) electrons. The molecule has 0 aliphatic carbocycles. The highest BCUT2D eigenvalue weighted by Gasteiger charge is 2.12. The highest BCUT2D eigenvalue weighted by molar-refractivity contribution is 5.51.